The number of hydrogen-bond acceptors (Lipinski definition) is 6. The molecule has 0 heterocycles. The Kier molecular flexibility index (Phi) is 6.20. The van der Waals surface area contributed by atoms with Gasteiger partial charge in [-0.1, -0.05) is 17.7 Å². The molecule has 3 aromatic rings. The molecule has 3 aromatic carbocycles. The lowest BCUT2D eigenvalue weighted by Crippen LogP contribution is -2.15. The standard InChI is InChI=1S/C19H16ClN3O6S2/c1-13-2-9-17(23(24)25)12-19(13)31(28,29)22-16-7-10-18(11-8-16)30(26,27)21-15-5-3-14(20)4-6-15/h2-12,21-22H,1H3. The van der Waals surface area contributed by atoms with E-state index >= 15 is 0 Å². The summed E-state index contributed by atoms with van der Waals surface area (Å²) in [7, 11) is -8.04. The Labute approximate surface area is 183 Å². The van der Waals surface area contributed by atoms with Gasteiger partial charge in [0.15, 0.2) is 0 Å². The van der Waals surface area contributed by atoms with Gasteiger partial charge in [0.05, 0.1) is 14.7 Å². The Bertz CT molecular complexity index is 1340. The van der Waals surface area contributed by atoms with Crippen LogP contribution < -0.4 is 9.44 Å². The molecule has 0 bridgehead atoms. The van der Waals surface area contributed by atoms with Gasteiger partial charge in [0.25, 0.3) is 25.7 Å². The van der Waals surface area contributed by atoms with Crippen LogP contribution in [0.25, 0.3) is 0 Å². The number of nitrogens with one attached hydrogen (secondary N) is 2. The molecule has 0 atom stereocenters. The van der Waals surface area contributed by atoms with Crippen LogP contribution in [0.4, 0.5) is 17.1 Å². The molecule has 12 heteroatoms. The summed E-state index contributed by atoms with van der Waals surface area (Å²) >= 11 is 5.78. The van der Waals surface area contributed by atoms with E-state index in [0.717, 1.165) is 6.07 Å². The van der Waals surface area contributed by atoms with Crippen molar-refractivity contribution in [3.8, 4) is 0 Å². The number of hydrogen-bond donors (Lipinski definition) is 2. The predicted molar refractivity (Wildman–Crippen MR) is 117 cm³/mol. The molecule has 0 aliphatic carbocycles. The Morgan fingerprint density at radius 2 is 1.32 bits per heavy atom. The molecule has 0 spiro atoms. The number of anilines is 2. The van der Waals surface area contributed by atoms with Crippen LogP contribution in [0.2, 0.25) is 5.02 Å². The van der Waals surface area contributed by atoms with Crippen LogP contribution in [0.3, 0.4) is 0 Å². The molecule has 0 aliphatic rings. The molecule has 9 nitrogen and oxygen atoms in total. The normalized spacial score (nSPS) is 11.7. The number of halogens is 1. The van der Waals surface area contributed by atoms with Gasteiger partial charge in [-0.05, 0) is 61.0 Å². The Morgan fingerprint density at radius 1 is 0.806 bits per heavy atom. The molecule has 0 saturated heterocycles. The summed E-state index contributed by atoms with van der Waals surface area (Å²) in [6.45, 7) is 1.51. The van der Waals surface area contributed by atoms with Crippen LogP contribution in [-0.4, -0.2) is 21.8 Å². The van der Waals surface area contributed by atoms with Crippen molar-refractivity contribution in [2.45, 2.75) is 16.7 Å². The maximum absolute atomic E-state index is 12.7. The highest BCUT2D eigenvalue weighted by atomic mass is 35.5. The van der Waals surface area contributed by atoms with Crippen LogP contribution >= 0.6 is 11.6 Å². The summed E-state index contributed by atoms with van der Waals surface area (Å²) in [6.07, 6.45) is 0. The van der Waals surface area contributed by atoms with E-state index < -0.39 is 25.0 Å². The van der Waals surface area contributed by atoms with Gasteiger partial charge >= 0.3 is 0 Å². The highest BCUT2D eigenvalue weighted by Crippen LogP contribution is 2.25. The first-order valence-corrected chi connectivity index (χ1v) is 12.0. The van der Waals surface area contributed by atoms with Gasteiger partial charge in [-0.3, -0.25) is 19.6 Å². The van der Waals surface area contributed by atoms with Gasteiger partial charge in [0, 0.05) is 28.5 Å². The fourth-order valence-electron chi connectivity index (χ4n) is 2.64. The molecular formula is C19H16ClN3O6S2. The minimum absolute atomic E-state index is 0.0862. The van der Waals surface area contributed by atoms with Crippen molar-refractivity contribution < 1.29 is 21.8 Å². The third-order valence-electron chi connectivity index (χ3n) is 4.19. The topological polar surface area (TPSA) is 135 Å². The molecule has 0 amide bonds. The molecule has 0 radical (unpaired) electrons. The molecule has 0 saturated carbocycles. The molecular weight excluding hydrogens is 466 g/mol. The lowest BCUT2D eigenvalue weighted by atomic mass is 10.2. The maximum Gasteiger partial charge on any atom is 0.270 e. The molecule has 31 heavy (non-hydrogen) atoms. The quantitative estimate of drug-likeness (QED) is 0.384. The van der Waals surface area contributed by atoms with Crippen LogP contribution in [-0.2, 0) is 20.0 Å². The van der Waals surface area contributed by atoms with Gasteiger partial charge in [-0.2, -0.15) is 0 Å². The fraction of sp³-hybridized carbons (Fsp3) is 0.0526. The Hall–Kier alpha value is -3.15. The number of non-ortho nitro benzene ring substituents is 1. The zero-order chi connectivity index (χ0) is 22.8. The number of rotatable bonds is 7. The number of nitrogens with zero attached hydrogens (tertiary/aromatic N) is 1. The maximum atomic E-state index is 12.7. The first-order valence-electron chi connectivity index (χ1n) is 8.64. The lowest BCUT2D eigenvalue weighted by Gasteiger charge is -2.12. The molecule has 0 aromatic heterocycles. The van der Waals surface area contributed by atoms with E-state index in [-0.39, 0.29) is 21.2 Å². The second kappa shape index (κ2) is 8.53. The average molecular weight is 482 g/mol. The third kappa shape index (κ3) is 5.32. The van der Waals surface area contributed by atoms with Crippen molar-refractivity contribution in [2.24, 2.45) is 0 Å². The SMILES string of the molecule is Cc1ccc([N+](=O)[O-])cc1S(=O)(=O)Nc1ccc(S(=O)(=O)Nc2ccc(Cl)cc2)cc1. The second-order valence-electron chi connectivity index (χ2n) is 6.45. The van der Waals surface area contributed by atoms with Crippen molar-refractivity contribution >= 4 is 48.7 Å². The molecule has 162 valence electrons. The number of nitro groups is 1. The summed E-state index contributed by atoms with van der Waals surface area (Å²) < 4.78 is 55.0. The minimum atomic E-state index is -4.13. The van der Waals surface area contributed by atoms with E-state index in [9.17, 15) is 26.9 Å². The smallest absolute Gasteiger partial charge is 0.270 e. The van der Waals surface area contributed by atoms with Crippen molar-refractivity contribution in [1.82, 2.24) is 0 Å². The number of sulfonamides is 2. The van der Waals surface area contributed by atoms with E-state index in [1.54, 1.807) is 0 Å². The zero-order valence-electron chi connectivity index (χ0n) is 15.9. The van der Waals surface area contributed by atoms with E-state index in [1.807, 2.05) is 0 Å². The van der Waals surface area contributed by atoms with Gasteiger partial charge in [0.1, 0.15) is 0 Å². The van der Waals surface area contributed by atoms with Gasteiger partial charge in [0.2, 0.25) is 0 Å². The first-order chi connectivity index (χ1) is 14.5. The molecule has 3 rings (SSSR count). The molecule has 0 unspecified atom stereocenters. The predicted octanol–water partition coefficient (Wildman–Crippen LogP) is 4.16. The summed E-state index contributed by atoms with van der Waals surface area (Å²) in [5, 5.41) is 11.4. The summed E-state index contributed by atoms with van der Waals surface area (Å²) in [6, 6.07) is 14.6. The van der Waals surface area contributed by atoms with Gasteiger partial charge < -0.3 is 0 Å². The highest BCUT2D eigenvalue weighted by molar-refractivity contribution is 7.93. The van der Waals surface area contributed by atoms with Crippen molar-refractivity contribution in [2.75, 3.05) is 9.44 Å². The van der Waals surface area contributed by atoms with E-state index in [4.69, 9.17) is 11.6 Å². The molecule has 0 aliphatic heterocycles. The monoisotopic (exact) mass is 481 g/mol. The van der Waals surface area contributed by atoms with E-state index in [0.29, 0.717) is 16.3 Å². The number of nitro benzene ring substituents is 1. The Balaban J connectivity index is 1.82. The highest BCUT2D eigenvalue weighted by Gasteiger charge is 2.21. The largest absolute Gasteiger partial charge is 0.280 e. The van der Waals surface area contributed by atoms with Crippen LogP contribution in [0.1, 0.15) is 5.56 Å². The molecule has 0 fully saturated rings. The van der Waals surface area contributed by atoms with Crippen LogP contribution in [0, 0.1) is 17.0 Å². The Morgan fingerprint density at radius 3 is 1.87 bits per heavy atom. The first kappa shape index (κ1) is 22.5. The summed E-state index contributed by atoms with van der Waals surface area (Å²) in [4.78, 5) is 9.93. The number of benzene rings is 3. The third-order valence-corrected chi connectivity index (χ3v) is 7.36. The lowest BCUT2D eigenvalue weighted by molar-refractivity contribution is -0.385. The summed E-state index contributed by atoms with van der Waals surface area (Å²) in [5.41, 5.74) is 0.372. The van der Waals surface area contributed by atoms with Gasteiger partial charge in [-0.15, -0.1) is 0 Å². The van der Waals surface area contributed by atoms with Gasteiger partial charge in [-0.25, -0.2) is 16.8 Å². The van der Waals surface area contributed by atoms with E-state index in [1.165, 1.54) is 67.6 Å². The number of aryl methyl sites for hydroxylation is 1. The minimum Gasteiger partial charge on any atom is -0.280 e. The van der Waals surface area contributed by atoms with Crippen molar-refractivity contribution in [3.63, 3.8) is 0 Å². The van der Waals surface area contributed by atoms with Crippen LogP contribution in [0.15, 0.2) is 76.5 Å². The fourth-order valence-corrected chi connectivity index (χ4v) is 5.14. The van der Waals surface area contributed by atoms with Crippen molar-refractivity contribution in [1.29, 1.82) is 0 Å². The average Bonchev–Trinajstić information content (AvgIpc) is 2.69. The summed E-state index contributed by atoms with van der Waals surface area (Å²) in [5.74, 6) is 0. The molecule has 2 N–H and O–H groups in total. The van der Waals surface area contributed by atoms with Crippen LogP contribution in [0.5, 0.6) is 0 Å². The van der Waals surface area contributed by atoms with Crippen molar-refractivity contribution in [3.05, 3.63) is 87.4 Å². The second-order valence-corrected chi connectivity index (χ2v) is 10.2. The van der Waals surface area contributed by atoms with E-state index in [2.05, 4.69) is 9.44 Å². The zero-order valence-corrected chi connectivity index (χ0v) is 18.3.